The van der Waals surface area contributed by atoms with Crippen molar-refractivity contribution in [2.24, 2.45) is 5.41 Å². The van der Waals surface area contributed by atoms with Crippen LogP contribution in [0.25, 0.3) is 0 Å². The molecule has 1 aliphatic heterocycles. The first-order valence-corrected chi connectivity index (χ1v) is 5.09. The Bertz CT molecular complexity index is 205. The van der Waals surface area contributed by atoms with Crippen LogP contribution in [0.15, 0.2) is 0 Å². The highest BCUT2D eigenvalue weighted by Gasteiger charge is 2.38. The van der Waals surface area contributed by atoms with Crippen LogP contribution in [0.5, 0.6) is 0 Å². The van der Waals surface area contributed by atoms with Crippen LogP contribution in [0.4, 0.5) is 0 Å². The first-order valence-electron chi connectivity index (χ1n) is 5.09. The molecule has 1 saturated heterocycles. The number of hydrogen-bond acceptors (Lipinski definition) is 2. The number of amides is 1. The molecule has 2 aliphatic rings. The second-order valence-electron chi connectivity index (χ2n) is 4.53. The third-order valence-electron chi connectivity index (χ3n) is 3.02. The zero-order valence-corrected chi connectivity index (χ0v) is 8.14. The summed E-state index contributed by atoms with van der Waals surface area (Å²) in [5.74, 6) is 0.0885. The van der Waals surface area contributed by atoms with E-state index in [9.17, 15) is 4.79 Å². The van der Waals surface area contributed by atoms with Gasteiger partial charge in [-0.05, 0) is 31.1 Å². The maximum atomic E-state index is 11.5. The van der Waals surface area contributed by atoms with Crippen molar-refractivity contribution >= 4 is 5.91 Å². The summed E-state index contributed by atoms with van der Waals surface area (Å²) in [5, 5.41) is 2.96. The molecule has 1 saturated carbocycles. The summed E-state index contributed by atoms with van der Waals surface area (Å²) >= 11 is 0. The number of ether oxygens (including phenoxy) is 1. The molecule has 3 nitrogen and oxygen atoms in total. The van der Waals surface area contributed by atoms with Gasteiger partial charge >= 0.3 is 0 Å². The van der Waals surface area contributed by atoms with Gasteiger partial charge in [-0.1, -0.05) is 6.92 Å². The Morgan fingerprint density at radius 2 is 2.38 bits per heavy atom. The number of rotatable bonds is 3. The predicted molar refractivity (Wildman–Crippen MR) is 49.3 cm³/mol. The van der Waals surface area contributed by atoms with Gasteiger partial charge in [-0.15, -0.1) is 0 Å². The first kappa shape index (κ1) is 9.00. The molecule has 1 atom stereocenters. The van der Waals surface area contributed by atoms with Gasteiger partial charge in [0.05, 0.1) is 0 Å². The molecule has 74 valence electrons. The highest BCUT2D eigenvalue weighted by molar-refractivity contribution is 5.81. The SMILES string of the molecule is CC1(CNC(=O)[C@@H]2CCCO2)CC1. The molecule has 0 spiro atoms. The molecule has 3 heteroatoms. The lowest BCUT2D eigenvalue weighted by Crippen LogP contribution is -2.37. The van der Waals surface area contributed by atoms with Gasteiger partial charge < -0.3 is 10.1 Å². The molecule has 1 aliphatic carbocycles. The van der Waals surface area contributed by atoms with Crippen LogP contribution in [0.3, 0.4) is 0 Å². The number of hydrogen-bond donors (Lipinski definition) is 1. The van der Waals surface area contributed by atoms with Crippen molar-refractivity contribution in [2.75, 3.05) is 13.2 Å². The van der Waals surface area contributed by atoms with Crippen LogP contribution in [-0.2, 0) is 9.53 Å². The van der Waals surface area contributed by atoms with Crippen LogP contribution in [-0.4, -0.2) is 25.2 Å². The third kappa shape index (κ3) is 2.21. The van der Waals surface area contributed by atoms with E-state index < -0.39 is 0 Å². The maximum Gasteiger partial charge on any atom is 0.249 e. The van der Waals surface area contributed by atoms with Crippen molar-refractivity contribution in [3.8, 4) is 0 Å². The van der Waals surface area contributed by atoms with E-state index in [2.05, 4.69) is 12.2 Å². The largest absolute Gasteiger partial charge is 0.368 e. The van der Waals surface area contributed by atoms with E-state index in [-0.39, 0.29) is 12.0 Å². The topological polar surface area (TPSA) is 38.3 Å². The van der Waals surface area contributed by atoms with Crippen molar-refractivity contribution in [3.63, 3.8) is 0 Å². The fourth-order valence-corrected chi connectivity index (χ4v) is 1.59. The predicted octanol–water partition coefficient (Wildman–Crippen LogP) is 1.08. The van der Waals surface area contributed by atoms with Gasteiger partial charge in [-0.25, -0.2) is 0 Å². The summed E-state index contributed by atoms with van der Waals surface area (Å²) in [4.78, 5) is 11.5. The molecule has 1 amide bonds. The number of carbonyl (C=O) groups excluding carboxylic acids is 1. The minimum atomic E-state index is -0.164. The molecule has 0 aromatic heterocycles. The highest BCUT2D eigenvalue weighted by Crippen LogP contribution is 2.44. The Hall–Kier alpha value is -0.570. The van der Waals surface area contributed by atoms with Gasteiger partial charge in [0.2, 0.25) is 5.91 Å². The lowest BCUT2D eigenvalue weighted by Gasteiger charge is -2.13. The zero-order chi connectivity index (χ0) is 9.31. The Labute approximate surface area is 78.8 Å². The molecule has 0 bridgehead atoms. The maximum absolute atomic E-state index is 11.5. The summed E-state index contributed by atoms with van der Waals surface area (Å²) < 4.78 is 5.29. The molecule has 1 N–H and O–H groups in total. The Morgan fingerprint density at radius 1 is 1.62 bits per heavy atom. The molecule has 1 heterocycles. The zero-order valence-electron chi connectivity index (χ0n) is 8.14. The fourth-order valence-electron chi connectivity index (χ4n) is 1.59. The minimum Gasteiger partial charge on any atom is -0.368 e. The molecular weight excluding hydrogens is 166 g/mol. The van der Waals surface area contributed by atoms with Crippen LogP contribution in [0.2, 0.25) is 0 Å². The van der Waals surface area contributed by atoms with E-state index in [1.165, 1.54) is 12.8 Å². The van der Waals surface area contributed by atoms with E-state index in [1.807, 2.05) is 0 Å². The molecule has 0 radical (unpaired) electrons. The van der Waals surface area contributed by atoms with E-state index in [0.29, 0.717) is 5.41 Å². The third-order valence-corrected chi connectivity index (χ3v) is 3.02. The summed E-state index contributed by atoms with van der Waals surface area (Å²) in [6, 6.07) is 0. The van der Waals surface area contributed by atoms with Gasteiger partial charge in [0.25, 0.3) is 0 Å². The minimum absolute atomic E-state index is 0.0885. The van der Waals surface area contributed by atoms with Crippen LogP contribution < -0.4 is 5.32 Å². The molecule has 0 aromatic carbocycles. The second-order valence-corrected chi connectivity index (χ2v) is 4.53. The average molecular weight is 183 g/mol. The summed E-state index contributed by atoms with van der Waals surface area (Å²) in [7, 11) is 0. The van der Waals surface area contributed by atoms with Crippen LogP contribution in [0.1, 0.15) is 32.6 Å². The summed E-state index contributed by atoms with van der Waals surface area (Å²) in [5.41, 5.74) is 0.397. The fraction of sp³-hybridized carbons (Fsp3) is 0.900. The molecule has 0 unspecified atom stereocenters. The number of nitrogens with one attached hydrogen (secondary N) is 1. The summed E-state index contributed by atoms with van der Waals surface area (Å²) in [6.45, 7) is 3.78. The lowest BCUT2D eigenvalue weighted by molar-refractivity contribution is -0.130. The van der Waals surface area contributed by atoms with Crippen molar-refractivity contribution in [3.05, 3.63) is 0 Å². The van der Waals surface area contributed by atoms with E-state index in [4.69, 9.17) is 4.74 Å². The molecule has 2 rings (SSSR count). The molecular formula is C10H17NO2. The standard InChI is InChI=1S/C10H17NO2/c1-10(4-5-10)7-11-9(12)8-3-2-6-13-8/h8H,2-7H2,1H3,(H,11,12)/t8-/m0/s1. The quantitative estimate of drug-likeness (QED) is 0.711. The van der Waals surface area contributed by atoms with Gasteiger partial charge in [0.15, 0.2) is 0 Å². The number of carbonyl (C=O) groups is 1. The first-order chi connectivity index (χ1) is 6.20. The van der Waals surface area contributed by atoms with Gasteiger partial charge in [-0.2, -0.15) is 0 Å². The smallest absolute Gasteiger partial charge is 0.249 e. The van der Waals surface area contributed by atoms with Gasteiger partial charge in [0, 0.05) is 13.2 Å². The van der Waals surface area contributed by atoms with E-state index >= 15 is 0 Å². The van der Waals surface area contributed by atoms with Crippen molar-refractivity contribution in [2.45, 2.75) is 38.7 Å². The van der Waals surface area contributed by atoms with Crippen molar-refractivity contribution < 1.29 is 9.53 Å². The van der Waals surface area contributed by atoms with E-state index in [1.54, 1.807) is 0 Å². The molecule has 0 aromatic rings. The highest BCUT2D eigenvalue weighted by atomic mass is 16.5. The monoisotopic (exact) mass is 183 g/mol. The van der Waals surface area contributed by atoms with Gasteiger partial charge in [-0.3, -0.25) is 4.79 Å². The van der Waals surface area contributed by atoms with Crippen LogP contribution >= 0.6 is 0 Å². The average Bonchev–Trinajstić information content (AvgIpc) is 2.69. The lowest BCUT2D eigenvalue weighted by atomic mass is 10.1. The van der Waals surface area contributed by atoms with Crippen molar-refractivity contribution in [1.29, 1.82) is 0 Å². The summed E-state index contributed by atoms with van der Waals surface area (Å²) in [6.07, 6.45) is 4.25. The van der Waals surface area contributed by atoms with Gasteiger partial charge in [0.1, 0.15) is 6.10 Å². The molecule has 13 heavy (non-hydrogen) atoms. The molecule has 2 fully saturated rings. The Morgan fingerprint density at radius 3 is 2.92 bits per heavy atom. The van der Waals surface area contributed by atoms with Crippen LogP contribution in [0, 0.1) is 5.41 Å². The normalized spacial score (nSPS) is 30.1. The van der Waals surface area contributed by atoms with E-state index in [0.717, 1.165) is 26.0 Å². The Kier molecular flexibility index (Phi) is 2.28. The van der Waals surface area contributed by atoms with Crippen molar-refractivity contribution in [1.82, 2.24) is 5.32 Å². The second kappa shape index (κ2) is 3.29. The Balaban J connectivity index is 1.71.